The fraction of sp³-hybridized carbons (Fsp3) is 0.905. The molecule has 1 saturated heterocycles. The van der Waals surface area contributed by atoms with Crippen LogP contribution >= 0.6 is 0 Å². The maximum atomic E-state index is 10.7. The average Bonchev–Trinajstić information content (AvgIpc) is 2.89. The van der Waals surface area contributed by atoms with E-state index in [9.17, 15) is 25.5 Å². The summed E-state index contributed by atoms with van der Waals surface area (Å²) in [5.74, 6) is 0.00882. The SMILES string of the molecule is CC(C)=CCC[C@@](C)(O[C@@H]1O[C@H](CO)[C@@H](O)[C@H](O)[C@@H]1O)[C@@H]1CC[C@@](C)(O)[C@H]1C. The molecule has 0 aromatic rings. The van der Waals surface area contributed by atoms with Crippen LogP contribution in [0.1, 0.15) is 60.3 Å². The van der Waals surface area contributed by atoms with E-state index in [0.717, 1.165) is 12.8 Å². The Labute approximate surface area is 168 Å². The number of aliphatic hydroxyl groups excluding tert-OH is 4. The van der Waals surface area contributed by atoms with E-state index in [1.54, 1.807) is 0 Å². The van der Waals surface area contributed by atoms with Crippen LogP contribution in [0, 0.1) is 11.8 Å². The summed E-state index contributed by atoms with van der Waals surface area (Å²) in [6.45, 7) is 9.36. The molecule has 9 atom stereocenters. The molecule has 2 aliphatic rings. The lowest BCUT2D eigenvalue weighted by Crippen LogP contribution is -2.61. The Balaban J connectivity index is 2.25. The van der Waals surface area contributed by atoms with Crippen molar-refractivity contribution in [2.45, 2.75) is 102 Å². The van der Waals surface area contributed by atoms with Crippen LogP contribution in [0.5, 0.6) is 0 Å². The Morgan fingerprint density at radius 1 is 1.21 bits per heavy atom. The van der Waals surface area contributed by atoms with Gasteiger partial charge in [0, 0.05) is 0 Å². The second kappa shape index (κ2) is 9.08. The molecule has 0 bridgehead atoms. The van der Waals surface area contributed by atoms with Gasteiger partial charge in [-0.3, -0.25) is 0 Å². The maximum absolute atomic E-state index is 10.7. The first kappa shape index (κ1) is 23.7. The van der Waals surface area contributed by atoms with Gasteiger partial charge in [0.2, 0.25) is 0 Å². The van der Waals surface area contributed by atoms with Crippen LogP contribution in [0.25, 0.3) is 0 Å². The number of hydrogen-bond acceptors (Lipinski definition) is 7. The molecule has 0 unspecified atom stereocenters. The van der Waals surface area contributed by atoms with Crippen molar-refractivity contribution in [2.24, 2.45) is 11.8 Å². The van der Waals surface area contributed by atoms with Crippen LogP contribution in [0.3, 0.4) is 0 Å². The summed E-state index contributed by atoms with van der Waals surface area (Å²) >= 11 is 0. The van der Waals surface area contributed by atoms with Crippen molar-refractivity contribution in [3.8, 4) is 0 Å². The minimum absolute atomic E-state index is 0.0194. The van der Waals surface area contributed by atoms with Crippen molar-refractivity contribution < 1.29 is 35.0 Å². The summed E-state index contributed by atoms with van der Waals surface area (Å²) in [5.41, 5.74) is -0.317. The van der Waals surface area contributed by atoms with E-state index in [1.807, 2.05) is 34.6 Å². The molecule has 2 fully saturated rings. The van der Waals surface area contributed by atoms with Crippen molar-refractivity contribution in [3.05, 3.63) is 11.6 Å². The molecule has 0 aromatic carbocycles. The van der Waals surface area contributed by atoms with Gasteiger partial charge >= 0.3 is 0 Å². The van der Waals surface area contributed by atoms with E-state index in [4.69, 9.17) is 9.47 Å². The Bertz CT molecular complexity index is 543. The normalized spacial score (nSPS) is 43.6. The third-order valence-corrected chi connectivity index (χ3v) is 6.76. The van der Waals surface area contributed by atoms with Crippen molar-refractivity contribution >= 4 is 0 Å². The molecule has 7 nitrogen and oxygen atoms in total. The van der Waals surface area contributed by atoms with E-state index >= 15 is 0 Å². The number of aliphatic hydroxyl groups is 5. The van der Waals surface area contributed by atoms with E-state index in [2.05, 4.69) is 6.08 Å². The standard InChI is InChI=1S/C21H38O7/c1-12(2)7-6-9-21(5,14-8-10-20(4,26)13(14)3)28-19-18(25)17(24)16(23)15(11-22)27-19/h7,13-19,22-26H,6,8-11H2,1-5H3/t13-,14+,15+,16+,17-,18-,19-,20+,21+/m0/s1. The van der Waals surface area contributed by atoms with Gasteiger partial charge in [0.1, 0.15) is 24.4 Å². The minimum Gasteiger partial charge on any atom is -0.394 e. The van der Waals surface area contributed by atoms with Gasteiger partial charge in [-0.05, 0) is 65.2 Å². The summed E-state index contributed by atoms with van der Waals surface area (Å²) in [6, 6.07) is 0. The molecular formula is C21H38O7. The Kier molecular flexibility index (Phi) is 7.70. The van der Waals surface area contributed by atoms with Gasteiger partial charge in [0.15, 0.2) is 6.29 Å². The first-order valence-electron chi connectivity index (χ1n) is 10.3. The molecule has 1 heterocycles. The number of allylic oxidation sites excluding steroid dienone is 2. The Hall–Kier alpha value is -0.540. The van der Waals surface area contributed by atoms with Crippen LogP contribution in [0.15, 0.2) is 11.6 Å². The predicted octanol–water partition coefficient (Wildman–Crippen LogP) is 1.11. The number of ether oxygens (including phenoxy) is 2. The number of hydrogen-bond donors (Lipinski definition) is 5. The summed E-state index contributed by atoms with van der Waals surface area (Å²) in [4.78, 5) is 0. The van der Waals surface area contributed by atoms with E-state index in [-0.39, 0.29) is 11.8 Å². The van der Waals surface area contributed by atoms with Gasteiger partial charge in [-0.1, -0.05) is 18.6 Å². The predicted molar refractivity (Wildman–Crippen MR) is 104 cm³/mol. The summed E-state index contributed by atoms with van der Waals surface area (Å²) in [6.07, 6.45) is -1.53. The highest BCUT2D eigenvalue weighted by molar-refractivity contribution is 5.03. The molecule has 0 spiro atoms. The quantitative estimate of drug-likeness (QED) is 0.405. The van der Waals surface area contributed by atoms with Crippen LogP contribution < -0.4 is 0 Å². The molecule has 164 valence electrons. The van der Waals surface area contributed by atoms with E-state index in [1.165, 1.54) is 5.57 Å². The molecule has 0 radical (unpaired) electrons. The van der Waals surface area contributed by atoms with E-state index in [0.29, 0.717) is 12.8 Å². The lowest BCUT2D eigenvalue weighted by atomic mass is 9.76. The largest absolute Gasteiger partial charge is 0.394 e. The fourth-order valence-electron chi connectivity index (χ4n) is 4.60. The van der Waals surface area contributed by atoms with Crippen molar-refractivity contribution in [1.82, 2.24) is 0 Å². The molecule has 1 saturated carbocycles. The van der Waals surface area contributed by atoms with Crippen molar-refractivity contribution in [3.63, 3.8) is 0 Å². The molecule has 0 amide bonds. The topological polar surface area (TPSA) is 120 Å². The van der Waals surface area contributed by atoms with Crippen molar-refractivity contribution in [2.75, 3.05) is 6.61 Å². The second-order valence-electron chi connectivity index (χ2n) is 9.24. The first-order valence-corrected chi connectivity index (χ1v) is 10.3. The molecule has 7 heteroatoms. The smallest absolute Gasteiger partial charge is 0.187 e. The highest BCUT2D eigenvalue weighted by atomic mass is 16.7. The molecule has 2 rings (SSSR count). The Morgan fingerprint density at radius 3 is 2.36 bits per heavy atom. The fourth-order valence-corrected chi connectivity index (χ4v) is 4.60. The summed E-state index contributed by atoms with van der Waals surface area (Å²) in [7, 11) is 0. The van der Waals surface area contributed by atoms with Gasteiger partial charge in [0.05, 0.1) is 17.8 Å². The van der Waals surface area contributed by atoms with Crippen LogP contribution in [-0.2, 0) is 9.47 Å². The lowest BCUT2D eigenvalue weighted by Gasteiger charge is -2.46. The van der Waals surface area contributed by atoms with Crippen molar-refractivity contribution in [1.29, 1.82) is 0 Å². The molecular weight excluding hydrogens is 364 g/mol. The van der Waals surface area contributed by atoms with Gasteiger partial charge in [-0.2, -0.15) is 0 Å². The van der Waals surface area contributed by atoms with Crippen LogP contribution in [0.4, 0.5) is 0 Å². The molecule has 5 N–H and O–H groups in total. The average molecular weight is 403 g/mol. The van der Waals surface area contributed by atoms with Crippen LogP contribution in [-0.4, -0.2) is 74.0 Å². The zero-order valence-corrected chi connectivity index (χ0v) is 17.7. The highest BCUT2D eigenvalue weighted by Gasteiger charge is 2.53. The molecule has 1 aliphatic heterocycles. The Morgan fingerprint density at radius 2 is 1.86 bits per heavy atom. The summed E-state index contributed by atoms with van der Waals surface area (Å²) in [5, 5.41) is 50.6. The van der Waals surface area contributed by atoms with Gasteiger partial charge in [0.25, 0.3) is 0 Å². The first-order chi connectivity index (χ1) is 12.9. The maximum Gasteiger partial charge on any atom is 0.187 e. The zero-order valence-electron chi connectivity index (χ0n) is 17.7. The van der Waals surface area contributed by atoms with E-state index < -0.39 is 48.5 Å². The molecule has 1 aliphatic carbocycles. The van der Waals surface area contributed by atoms with Gasteiger partial charge in [-0.25, -0.2) is 0 Å². The third-order valence-electron chi connectivity index (χ3n) is 6.76. The highest BCUT2D eigenvalue weighted by Crippen LogP contribution is 2.48. The summed E-state index contributed by atoms with van der Waals surface area (Å²) < 4.78 is 11.9. The second-order valence-corrected chi connectivity index (χ2v) is 9.24. The number of rotatable bonds is 7. The van der Waals surface area contributed by atoms with Gasteiger partial charge < -0.3 is 35.0 Å². The van der Waals surface area contributed by atoms with Gasteiger partial charge in [-0.15, -0.1) is 0 Å². The lowest BCUT2D eigenvalue weighted by molar-refractivity contribution is -0.333. The molecule has 0 aromatic heterocycles. The van der Waals surface area contributed by atoms with Crippen LogP contribution in [0.2, 0.25) is 0 Å². The minimum atomic E-state index is -1.47. The zero-order chi connectivity index (χ0) is 21.3. The molecule has 28 heavy (non-hydrogen) atoms. The third kappa shape index (κ3) is 4.95. The monoisotopic (exact) mass is 402 g/mol.